The Labute approximate surface area is 133 Å². The molecular formula is C17H27N3O2. The van der Waals surface area contributed by atoms with Crippen molar-refractivity contribution in [3.05, 3.63) is 24.3 Å². The average molecular weight is 305 g/mol. The van der Waals surface area contributed by atoms with Gasteiger partial charge in [-0.25, -0.2) is 4.79 Å². The first-order valence-electron chi connectivity index (χ1n) is 8.16. The maximum Gasteiger partial charge on any atom is 0.317 e. The highest BCUT2D eigenvalue weighted by Gasteiger charge is 2.20. The highest BCUT2D eigenvalue weighted by atomic mass is 16.5. The number of carbonyl (C=O) groups is 1. The molecule has 1 fully saturated rings. The number of hydrogen-bond donors (Lipinski definition) is 1. The van der Waals surface area contributed by atoms with Crippen LogP contribution in [-0.2, 0) is 0 Å². The number of nitrogens with zero attached hydrogens (tertiary/aromatic N) is 2. The summed E-state index contributed by atoms with van der Waals surface area (Å²) in [6.45, 7) is 6.23. The van der Waals surface area contributed by atoms with E-state index in [1.807, 2.05) is 17.0 Å². The van der Waals surface area contributed by atoms with Crippen molar-refractivity contribution in [2.75, 3.05) is 44.7 Å². The van der Waals surface area contributed by atoms with Gasteiger partial charge in [0.15, 0.2) is 0 Å². The van der Waals surface area contributed by atoms with Gasteiger partial charge in [-0.3, -0.25) is 0 Å². The quantitative estimate of drug-likeness (QED) is 0.822. The first-order valence-corrected chi connectivity index (χ1v) is 8.16. The van der Waals surface area contributed by atoms with E-state index in [0.717, 1.165) is 44.9 Å². The minimum atomic E-state index is 0.0745. The molecule has 0 radical (unpaired) electrons. The molecule has 2 amide bonds. The number of rotatable bonds is 6. The number of methoxy groups -OCH3 is 1. The molecule has 0 bridgehead atoms. The Morgan fingerprint density at radius 1 is 1.14 bits per heavy atom. The fourth-order valence-electron chi connectivity index (χ4n) is 2.64. The van der Waals surface area contributed by atoms with Gasteiger partial charge >= 0.3 is 6.03 Å². The van der Waals surface area contributed by atoms with Crippen LogP contribution in [0.3, 0.4) is 0 Å². The van der Waals surface area contributed by atoms with Crippen molar-refractivity contribution in [2.45, 2.75) is 26.2 Å². The molecule has 0 spiro atoms. The second kappa shape index (κ2) is 8.51. The number of carbonyl (C=O) groups excluding carboxylic acids is 1. The fraction of sp³-hybridized carbons (Fsp3) is 0.588. The number of benzene rings is 1. The van der Waals surface area contributed by atoms with Crippen molar-refractivity contribution >= 4 is 11.7 Å². The van der Waals surface area contributed by atoms with Crippen LogP contribution in [0.25, 0.3) is 0 Å². The van der Waals surface area contributed by atoms with Crippen LogP contribution in [0.5, 0.6) is 5.75 Å². The van der Waals surface area contributed by atoms with E-state index in [-0.39, 0.29) is 6.03 Å². The first kappa shape index (κ1) is 16.5. The van der Waals surface area contributed by atoms with Crippen LogP contribution in [0.1, 0.15) is 26.2 Å². The summed E-state index contributed by atoms with van der Waals surface area (Å²) in [5.41, 5.74) is 1.18. The number of anilines is 1. The maximum atomic E-state index is 12.1. The number of piperazine rings is 1. The molecule has 5 nitrogen and oxygen atoms in total. The zero-order valence-electron chi connectivity index (χ0n) is 13.7. The third kappa shape index (κ3) is 4.55. The molecule has 1 heterocycles. The maximum absolute atomic E-state index is 12.1. The van der Waals surface area contributed by atoms with Gasteiger partial charge in [0.25, 0.3) is 0 Å². The van der Waals surface area contributed by atoms with E-state index in [1.165, 1.54) is 18.5 Å². The van der Waals surface area contributed by atoms with E-state index in [4.69, 9.17) is 4.74 Å². The third-order valence-corrected chi connectivity index (χ3v) is 4.06. The Balaban J connectivity index is 1.75. The van der Waals surface area contributed by atoms with Gasteiger partial charge in [-0.15, -0.1) is 0 Å². The standard InChI is InChI=1S/C17H27N3O2/c1-3-4-5-10-18-17(21)20-13-11-19(12-14-20)15-6-8-16(22-2)9-7-15/h6-9H,3-5,10-14H2,1-2H3,(H,18,21). The van der Waals surface area contributed by atoms with Gasteiger partial charge in [0.05, 0.1) is 7.11 Å². The molecule has 2 rings (SSSR count). The van der Waals surface area contributed by atoms with Gasteiger partial charge in [-0.2, -0.15) is 0 Å². The summed E-state index contributed by atoms with van der Waals surface area (Å²) in [6, 6.07) is 8.16. The second-order valence-corrected chi connectivity index (χ2v) is 5.61. The van der Waals surface area contributed by atoms with Crippen molar-refractivity contribution in [1.29, 1.82) is 0 Å². The highest BCUT2D eigenvalue weighted by Crippen LogP contribution is 2.20. The predicted octanol–water partition coefficient (Wildman–Crippen LogP) is 2.72. The molecule has 0 atom stereocenters. The number of amides is 2. The summed E-state index contributed by atoms with van der Waals surface area (Å²) < 4.78 is 5.18. The lowest BCUT2D eigenvalue weighted by Gasteiger charge is -2.36. The lowest BCUT2D eigenvalue weighted by molar-refractivity contribution is 0.194. The lowest BCUT2D eigenvalue weighted by Crippen LogP contribution is -2.52. The minimum absolute atomic E-state index is 0.0745. The molecule has 1 aliphatic rings. The zero-order valence-corrected chi connectivity index (χ0v) is 13.7. The molecule has 5 heteroatoms. The number of nitrogens with one attached hydrogen (secondary N) is 1. The summed E-state index contributed by atoms with van der Waals surface area (Å²) in [5, 5.41) is 3.01. The second-order valence-electron chi connectivity index (χ2n) is 5.61. The Hall–Kier alpha value is -1.91. The molecule has 1 N–H and O–H groups in total. The van der Waals surface area contributed by atoms with Gasteiger partial charge in [0.2, 0.25) is 0 Å². The van der Waals surface area contributed by atoms with Crippen molar-refractivity contribution < 1.29 is 9.53 Å². The smallest absolute Gasteiger partial charge is 0.317 e. The van der Waals surface area contributed by atoms with Crippen molar-refractivity contribution in [3.63, 3.8) is 0 Å². The molecule has 1 aromatic rings. The van der Waals surface area contributed by atoms with E-state index in [1.54, 1.807) is 7.11 Å². The molecular weight excluding hydrogens is 278 g/mol. The molecule has 22 heavy (non-hydrogen) atoms. The van der Waals surface area contributed by atoms with Gasteiger partial charge < -0.3 is 19.9 Å². The summed E-state index contributed by atoms with van der Waals surface area (Å²) in [7, 11) is 1.67. The Morgan fingerprint density at radius 2 is 1.82 bits per heavy atom. The molecule has 1 aromatic carbocycles. The highest BCUT2D eigenvalue weighted by molar-refractivity contribution is 5.74. The Kier molecular flexibility index (Phi) is 6.37. The van der Waals surface area contributed by atoms with E-state index >= 15 is 0 Å². The normalized spacial score (nSPS) is 14.8. The van der Waals surface area contributed by atoms with Crippen molar-refractivity contribution in [3.8, 4) is 5.75 Å². The monoisotopic (exact) mass is 305 g/mol. The average Bonchev–Trinajstić information content (AvgIpc) is 2.59. The molecule has 0 saturated carbocycles. The van der Waals surface area contributed by atoms with E-state index in [9.17, 15) is 4.79 Å². The van der Waals surface area contributed by atoms with Crippen LogP contribution in [0.4, 0.5) is 10.5 Å². The van der Waals surface area contributed by atoms with E-state index < -0.39 is 0 Å². The van der Waals surface area contributed by atoms with Crippen LogP contribution >= 0.6 is 0 Å². The van der Waals surface area contributed by atoms with Crippen molar-refractivity contribution in [1.82, 2.24) is 10.2 Å². The molecule has 1 saturated heterocycles. The number of hydrogen-bond acceptors (Lipinski definition) is 3. The third-order valence-electron chi connectivity index (χ3n) is 4.06. The topological polar surface area (TPSA) is 44.8 Å². The van der Waals surface area contributed by atoms with E-state index in [0.29, 0.717) is 0 Å². The predicted molar refractivity (Wildman–Crippen MR) is 89.7 cm³/mol. The SMILES string of the molecule is CCCCCNC(=O)N1CCN(c2ccc(OC)cc2)CC1. The van der Waals surface area contributed by atoms with Crippen LogP contribution in [0.15, 0.2) is 24.3 Å². The van der Waals surface area contributed by atoms with E-state index in [2.05, 4.69) is 29.3 Å². The molecule has 0 aromatic heterocycles. The molecule has 122 valence electrons. The molecule has 1 aliphatic heterocycles. The Morgan fingerprint density at radius 3 is 2.41 bits per heavy atom. The number of urea groups is 1. The van der Waals surface area contributed by atoms with Gasteiger partial charge in [0, 0.05) is 38.4 Å². The van der Waals surface area contributed by atoms with Crippen LogP contribution in [-0.4, -0.2) is 50.8 Å². The first-order chi connectivity index (χ1) is 10.7. The largest absolute Gasteiger partial charge is 0.497 e. The summed E-state index contributed by atoms with van der Waals surface area (Å²) in [5.74, 6) is 0.869. The fourth-order valence-corrected chi connectivity index (χ4v) is 2.64. The van der Waals surface area contributed by atoms with Gasteiger partial charge in [0.1, 0.15) is 5.75 Å². The minimum Gasteiger partial charge on any atom is -0.497 e. The summed E-state index contributed by atoms with van der Waals surface area (Å²) in [4.78, 5) is 16.3. The van der Waals surface area contributed by atoms with Crippen LogP contribution < -0.4 is 15.0 Å². The van der Waals surface area contributed by atoms with Gasteiger partial charge in [-0.1, -0.05) is 19.8 Å². The number of ether oxygens (including phenoxy) is 1. The van der Waals surface area contributed by atoms with Crippen LogP contribution in [0, 0.1) is 0 Å². The molecule has 0 unspecified atom stereocenters. The number of unbranched alkanes of at least 4 members (excludes halogenated alkanes) is 2. The van der Waals surface area contributed by atoms with Gasteiger partial charge in [-0.05, 0) is 30.7 Å². The van der Waals surface area contributed by atoms with Crippen LogP contribution in [0.2, 0.25) is 0 Å². The lowest BCUT2D eigenvalue weighted by atomic mass is 10.2. The Bertz CT molecular complexity index is 453. The zero-order chi connectivity index (χ0) is 15.8. The summed E-state index contributed by atoms with van der Waals surface area (Å²) >= 11 is 0. The molecule has 0 aliphatic carbocycles. The van der Waals surface area contributed by atoms with Crippen molar-refractivity contribution in [2.24, 2.45) is 0 Å². The summed E-state index contributed by atoms with van der Waals surface area (Å²) in [6.07, 6.45) is 3.41.